The van der Waals surface area contributed by atoms with Gasteiger partial charge in [-0.2, -0.15) is 0 Å². The van der Waals surface area contributed by atoms with E-state index in [2.05, 4.69) is 5.32 Å². The molecule has 1 aliphatic rings. The molecule has 0 spiro atoms. The van der Waals surface area contributed by atoms with Gasteiger partial charge in [-0.25, -0.2) is 14.4 Å². The normalized spacial score (nSPS) is 13.3. The predicted octanol–water partition coefficient (Wildman–Crippen LogP) is 1.67. The summed E-state index contributed by atoms with van der Waals surface area (Å²) in [7, 11) is 2.45. The number of benzene rings is 1. The first-order valence-electron chi connectivity index (χ1n) is 7.19. The van der Waals surface area contributed by atoms with Crippen molar-refractivity contribution in [2.75, 3.05) is 24.4 Å². The predicted molar refractivity (Wildman–Crippen MR) is 91.5 cm³/mol. The van der Waals surface area contributed by atoms with E-state index in [-0.39, 0.29) is 11.3 Å². The third kappa shape index (κ3) is 4.05. The largest absolute Gasteiger partial charge is 0.465 e. The van der Waals surface area contributed by atoms with Crippen molar-refractivity contribution in [2.45, 2.75) is 0 Å². The minimum atomic E-state index is -0.698. The second-order valence-electron chi connectivity index (χ2n) is 4.85. The van der Waals surface area contributed by atoms with Gasteiger partial charge in [-0.3, -0.25) is 0 Å². The smallest absolute Gasteiger partial charge is 0.355 e. The van der Waals surface area contributed by atoms with E-state index in [9.17, 15) is 14.4 Å². The van der Waals surface area contributed by atoms with Crippen LogP contribution in [-0.4, -0.2) is 32.2 Å². The van der Waals surface area contributed by atoms with Gasteiger partial charge in [0.05, 0.1) is 19.8 Å². The van der Waals surface area contributed by atoms with Crippen LogP contribution in [0.4, 0.5) is 16.2 Å². The van der Waals surface area contributed by atoms with Crippen LogP contribution in [0.15, 0.2) is 60.0 Å². The lowest BCUT2D eigenvalue weighted by molar-refractivity contribution is -0.139. The summed E-state index contributed by atoms with van der Waals surface area (Å²) in [4.78, 5) is 36.7. The van der Waals surface area contributed by atoms with E-state index in [4.69, 9.17) is 15.2 Å². The van der Waals surface area contributed by atoms with Crippen molar-refractivity contribution >= 4 is 29.3 Å². The fraction of sp³-hybridized carbons (Fsp3) is 0.118. The molecule has 25 heavy (non-hydrogen) atoms. The van der Waals surface area contributed by atoms with Gasteiger partial charge in [-0.15, -0.1) is 0 Å². The number of nitrogens with two attached hydrogens (primary N) is 1. The first-order chi connectivity index (χ1) is 12.0. The molecule has 3 N–H and O–H groups in total. The third-order valence-electron chi connectivity index (χ3n) is 3.30. The standard InChI is InChI=1S/C17H17N3O5/c1-24-15(21)13-5-3-4-10-20(14(13)16(22)25-2)12-8-6-11(7-9-12)19-17(18)23/h3-10H,1-2H3,(H3,18,19,23). The number of urea groups is 1. The second-order valence-corrected chi connectivity index (χ2v) is 4.85. The Kier molecular flexibility index (Phi) is 5.57. The number of anilines is 2. The molecule has 130 valence electrons. The van der Waals surface area contributed by atoms with E-state index in [0.29, 0.717) is 11.4 Å². The first-order valence-corrected chi connectivity index (χ1v) is 7.19. The van der Waals surface area contributed by atoms with E-state index in [1.165, 1.54) is 25.2 Å². The molecule has 0 saturated heterocycles. The molecule has 1 aromatic rings. The van der Waals surface area contributed by atoms with Gasteiger partial charge in [0.1, 0.15) is 5.70 Å². The summed E-state index contributed by atoms with van der Waals surface area (Å²) in [5.41, 5.74) is 6.19. The minimum absolute atomic E-state index is 0.00922. The average molecular weight is 343 g/mol. The number of hydrogen-bond donors (Lipinski definition) is 2. The molecule has 0 unspecified atom stereocenters. The van der Waals surface area contributed by atoms with Crippen LogP contribution in [0.1, 0.15) is 0 Å². The van der Waals surface area contributed by atoms with Crippen molar-refractivity contribution in [1.82, 2.24) is 0 Å². The summed E-state index contributed by atoms with van der Waals surface area (Å²) < 4.78 is 9.56. The molecule has 0 bridgehead atoms. The number of amides is 2. The zero-order valence-corrected chi connectivity index (χ0v) is 13.7. The van der Waals surface area contributed by atoms with Crippen molar-refractivity contribution in [2.24, 2.45) is 5.73 Å². The van der Waals surface area contributed by atoms with E-state index < -0.39 is 18.0 Å². The van der Waals surface area contributed by atoms with Crippen LogP contribution in [0, 0.1) is 0 Å². The van der Waals surface area contributed by atoms with Gasteiger partial charge in [0.15, 0.2) is 0 Å². The van der Waals surface area contributed by atoms with Crippen molar-refractivity contribution in [3.8, 4) is 0 Å². The summed E-state index contributed by atoms with van der Waals surface area (Å²) in [5, 5.41) is 2.44. The highest BCUT2D eigenvalue weighted by atomic mass is 16.5. The van der Waals surface area contributed by atoms with E-state index >= 15 is 0 Å². The highest BCUT2D eigenvalue weighted by Gasteiger charge is 2.27. The lowest BCUT2D eigenvalue weighted by Gasteiger charge is -2.23. The maximum atomic E-state index is 12.3. The molecular weight excluding hydrogens is 326 g/mol. The fourth-order valence-electron chi connectivity index (χ4n) is 2.21. The number of nitrogens with one attached hydrogen (secondary N) is 1. The molecule has 1 aliphatic heterocycles. The number of esters is 2. The molecule has 1 aromatic carbocycles. The van der Waals surface area contributed by atoms with Gasteiger partial charge in [0.2, 0.25) is 0 Å². The highest BCUT2D eigenvalue weighted by Crippen LogP contribution is 2.27. The maximum absolute atomic E-state index is 12.3. The number of hydrogen-bond acceptors (Lipinski definition) is 6. The summed E-state index contributed by atoms with van der Waals surface area (Å²) in [6.07, 6.45) is 6.35. The van der Waals surface area contributed by atoms with Crippen molar-refractivity contribution < 1.29 is 23.9 Å². The molecule has 0 saturated carbocycles. The van der Waals surface area contributed by atoms with Crippen LogP contribution in [0.5, 0.6) is 0 Å². The van der Waals surface area contributed by atoms with E-state index in [1.54, 1.807) is 42.6 Å². The molecule has 8 heteroatoms. The molecule has 0 aliphatic carbocycles. The highest BCUT2D eigenvalue weighted by molar-refractivity contribution is 6.05. The minimum Gasteiger partial charge on any atom is -0.465 e. The van der Waals surface area contributed by atoms with Crippen molar-refractivity contribution in [1.29, 1.82) is 0 Å². The topological polar surface area (TPSA) is 111 Å². The molecule has 1 heterocycles. The molecule has 0 fully saturated rings. The Balaban J connectivity index is 2.51. The molecule has 0 aromatic heterocycles. The Hall–Kier alpha value is -3.55. The van der Waals surface area contributed by atoms with Gasteiger partial charge >= 0.3 is 18.0 Å². The zero-order chi connectivity index (χ0) is 18.4. The summed E-state index contributed by atoms with van der Waals surface area (Å²) in [6.45, 7) is 0. The Morgan fingerprint density at radius 3 is 2.20 bits per heavy atom. The molecule has 8 nitrogen and oxygen atoms in total. The molecule has 0 atom stereocenters. The van der Waals surface area contributed by atoms with Gasteiger partial charge in [-0.05, 0) is 36.4 Å². The Morgan fingerprint density at radius 2 is 1.64 bits per heavy atom. The average Bonchev–Trinajstić information content (AvgIpc) is 2.83. The van der Waals surface area contributed by atoms with Gasteiger partial charge < -0.3 is 25.4 Å². The van der Waals surface area contributed by atoms with Crippen LogP contribution < -0.4 is 16.0 Å². The number of nitrogens with zero attached hydrogens (tertiary/aromatic N) is 1. The lowest BCUT2D eigenvalue weighted by atomic mass is 10.1. The number of primary amides is 1. The van der Waals surface area contributed by atoms with Gasteiger partial charge in [0.25, 0.3) is 0 Å². The second kappa shape index (κ2) is 7.82. The molecule has 0 radical (unpaired) electrons. The third-order valence-corrected chi connectivity index (χ3v) is 3.30. The van der Waals surface area contributed by atoms with Crippen molar-refractivity contribution in [3.05, 3.63) is 60.0 Å². The maximum Gasteiger partial charge on any atom is 0.355 e. The SMILES string of the molecule is COC(=O)C1=C(C(=O)OC)N(c2ccc(NC(N)=O)cc2)C=CC=C1. The monoisotopic (exact) mass is 343 g/mol. The van der Waals surface area contributed by atoms with Crippen molar-refractivity contribution in [3.63, 3.8) is 0 Å². The van der Waals surface area contributed by atoms with Crippen LogP contribution in [0.25, 0.3) is 0 Å². The quantitative estimate of drug-likeness (QED) is 0.805. The summed E-state index contributed by atoms with van der Waals surface area (Å²) >= 11 is 0. The number of rotatable bonds is 4. The Morgan fingerprint density at radius 1 is 1.00 bits per heavy atom. The van der Waals surface area contributed by atoms with Crippen LogP contribution in [0.3, 0.4) is 0 Å². The van der Waals surface area contributed by atoms with Gasteiger partial charge in [0, 0.05) is 17.6 Å². The summed E-state index contributed by atoms with van der Waals surface area (Å²) in [6, 6.07) is 5.84. The van der Waals surface area contributed by atoms with Crippen LogP contribution in [0.2, 0.25) is 0 Å². The van der Waals surface area contributed by atoms with E-state index in [1.807, 2.05) is 0 Å². The lowest BCUT2D eigenvalue weighted by Crippen LogP contribution is -2.27. The number of ether oxygens (including phenoxy) is 2. The number of methoxy groups -OCH3 is 2. The number of allylic oxidation sites excluding steroid dienone is 2. The van der Waals surface area contributed by atoms with Crippen LogP contribution in [-0.2, 0) is 19.1 Å². The molecular formula is C17H17N3O5. The number of carbonyl (C=O) groups is 3. The zero-order valence-electron chi connectivity index (χ0n) is 13.7. The number of carbonyl (C=O) groups excluding carboxylic acids is 3. The first kappa shape index (κ1) is 17.8. The molecule has 2 amide bonds. The summed E-state index contributed by atoms with van der Waals surface area (Å²) in [5.74, 6) is -1.37. The van der Waals surface area contributed by atoms with Crippen LogP contribution >= 0.6 is 0 Å². The van der Waals surface area contributed by atoms with Gasteiger partial charge in [-0.1, -0.05) is 6.08 Å². The molecule has 2 rings (SSSR count). The Bertz CT molecular complexity index is 778. The fourth-order valence-corrected chi connectivity index (χ4v) is 2.21. The van der Waals surface area contributed by atoms with E-state index in [0.717, 1.165) is 0 Å². The Labute approximate surface area is 144 Å².